The van der Waals surface area contributed by atoms with Gasteiger partial charge in [-0.2, -0.15) is 13.2 Å². The summed E-state index contributed by atoms with van der Waals surface area (Å²) in [6.45, 7) is 5.42. The number of nitrogens with one attached hydrogen (secondary N) is 1. The molecule has 0 saturated carbocycles. The van der Waals surface area contributed by atoms with Gasteiger partial charge in [-0.1, -0.05) is 13.8 Å². The number of carbonyl (C=O) groups excluding carboxylic acids is 1. The first kappa shape index (κ1) is 19.8. The third kappa shape index (κ3) is 5.21. The molecule has 1 N–H and O–H groups in total. The van der Waals surface area contributed by atoms with E-state index in [2.05, 4.69) is 10.3 Å². The van der Waals surface area contributed by atoms with Crippen LogP contribution in [0.4, 0.5) is 24.7 Å². The Labute approximate surface area is 151 Å². The molecule has 1 aromatic carbocycles. The number of carbonyl (C=O) groups is 1. The Bertz CT molecular complexity index is 706. The third-order valence-corrected chi connectivity index (χ3v) is 3.77. The summed E-state index contributed by atoms with van der Waals surface area (Å²) in [5.74, 6) is 0.390. The van der Waals surface area contributed by atoms with Crippen molar-refractivity contribution in [1.82, 2.24) is 9.88 Å². The highest BCUT2D eigenvalue weighted by atomic mass is 19.4. The molecule has 0 aliphatic rings. The van der Waals surface area contributed by atoms with Gasteiger partial charge in [0.25, 0.3) is 5.91 Å². The summed E-state index contributed by atoms with van der Waals surface area (Å²) >= 11 is 0. The van der Waals surface area contributed by atoms with E-state index in [9.17, 15) is 18.0 Å². The molecule has 0 saturated heterocycles. The van der Waals surface area contributed by atoms with Gasteiger partial charge in [-0.05, 0) is 49.2 Å². The molecule has 2 rings (SSSR count). The van der Waals surface area contributed by atoms with E-state index < -0.39 is 11.7 Å². The number of hydrogen-bond donors (Lipinski definition) is 1. The SMILES string of the molecule is CCCN(CCC)C(=O)c1ccc(Nc2ccc(C(F)(F)F)cc2)nc1. The molecule has 0 fully saturated rings. The Morgan fingerprint density at radius 1 is 1.04 bits per heavy atom. The second kappa shape index (κ2) is 8.69. The van der Waals surface area contributed by atoms with Gasteiger partial charge in [-0.3, -0.25) is 4.79 Å². The van der Waals surface area contributed by atoms with Crippen molar-refractivity contribution in [3.8, 4) is 0 Å². The van der Waals surface area contributed by atoms with Crippen LogP contribution < -0.4 is 5.32 Å². The van der Waals surface area contributed by atoms with Crippen LogP contribution in [0.15, 0.2) is 42.6 Å². The van der Waals surface area contributed by atoms with Gasteiger partial charge in [0.1, 0.15) is 5.82 Å². The van der Waals surface area contributed by atoms with Crippen LogP contribution in [0, 0.1) is 0 Å². The fourth-order valence-electron chi connectivity index (χ4n) is 2.52. The number of amides is 1. The molecule has 26 heavy (non-hydrogen) atoms. The molecule has 1 heterocycles. The van der Waals surface area contributed by atoms with Gasteiger partial charge in [-0.25, -0.2) is 4.98 Å². The molecule has 0 spiro atoms. The quantitative estimate of drug-likeness (QED) is 0.742. The molecular weight excluding hydrogens is 343 g/mol. The molecule has 4 nitrogen and oxygen atoms in total. The van der Waals surface area contributed by atoms with Crippen molar-refractivity contribution in [1.29, 1.82) is 0 Å². The minimum Gasteiger partial charge on any atom is -0.340 e. The van der Waals surface area contributed by atoms with Crippen LogP contribution in [-0.2, 0) is 6.18 Å². The first-order valence-electron chi connectivity index (χ1n) is 8.54. The van der Waals surface area contributed by atoms with E-state index in [1.54, 1.807) is 17.0 Å². The minimum absolute atomic E-state index is 0.0673. The van der Waals surface area contributed by atoms with Crippen molar-refractivity contribution >= 4 is 17.4 Å². The number of pyridine rings is 1. The average Bonchev–Trinajstić information content (AvgIpc) is 2.61. The van der Waals surface area contributed by atoms with Crippen LogP contribution in [-0.4, -0.2) is 28.9 Å². The number of alkyl halides is 3. The molecule has 0 aliphatic heterocycles. The maximum atomic E-state index is 12.6. The van der Waals surface area contributed by atoms with E-state index in [0.29, 0.717) is 30.2 Å². The Kier molecular flexibility index (Phi) is 6.60. The molecule has 7 heteroatoms. The lowest BCUT2D eigenvalue weighted by Gasteiger charge is -2.21. The van der Waals surface area contributed by atoms with Crippen molar-refractivity contribution < 1.29 is 18.0 Å². The standard InChI is InChI=1S/C19H22F3N3O/c1-3-11-25(12-4-2)18(26)14-5-10-17(23-13-14)24-16-8-6-15(7-9-16)19(20,21)22/h5-10,13H,3-4,11-12H2,1-2H3,(H,23,24). The first-order valence-corrected chi connectivity index (χ1v) is 8.54. The molecule has 0 bridgehead atoms. The summed E-state index contributed by atoms with van der Waals surface area (Å²) < 4.78 is 37.7. The summed E-state index contributed by atoms with van der Waals surface area (Å²) in [6, 6.07) is 8.00. The zero-order chi connectivity index (χ0) is 19.2. The number of aromatic nitrogens is 1. The molecule has 1 aromatic heterocycles. The monoisotopic (exact) mass is 365 g/mol. The van der Waals surface area contributed by atoms with Crippen LogP contribution in [0.3, 0.4) is 0 Å². The second-order valence-electron chi connectivity index (χ2n) is 5.92. The van der Waals surface area contributed by atoms with Gasteiger partial charge in [0.05, 0.1) is 11.1 Å². The van der Waals surface area contributed by atoms with Crippen LogP contribution >= 0.6 is 0 Å². The van der Waals surface area contributed by atoms with Crippen molar-refractivity contribution in [2.24, 2.45) is 0 Å². The second-order valence-corrected chi connectivity index (χ2v) is 5.92. The Balaban J connectivity index is 2.06. The highest BCUT2D eigenvalue weighted by Gasteiger charge is 2.29. The molecule has 2 aromatic rings. The fraction of sp³-hybridized carbons (Fsp3) is 0.368. The smallest absolute Gasteiger partial charge is 0.340 e. The summed E-state index contributed by atoms with van der Waals surface area (Å²) in [5, 5.41) is 2.92. The van der Waals surface area contributed by atoms with E-state index in [1.807, 2.05) is 13.8 Å². The Morgan fingerprint density at radius 3 is 2.12 bits per heavy atom. The molecule has 1 amide bonds. The minimum atomic E-state index is -4.36. The van der Waals surface area contributed by atoms with E-state index in [4.69, 9.17) is 0 Å². The maximum absolute atomic E-state index is 12.6. The van der Waals surface area contributed by atoms with Crippen molar-refractivity contribution in [3.05, 3.63) is 53.7 Å². The van der Waals surface area contributed by atoms with Crippen LogP contribution in [0.1, 0.15) is 42.6 Å². The zero-order valence-corrected chi connectivity index (χ0v) is 14.8. The lowest BCUT2D eigenvalue weighted by Crippen LogP contribution is -2.32. The van der Waals surface area contributed by atoms with E-state index in [1.165, 1.54) is 18.3 Å². The highest BCUT2D eigenvalue weighted by molar-refractivity contribution is 5.94. The molecule has 0 aliphatic carbocycles. The van der Waals surface area contributed by atoms with Crippen molar-refractivity contribution in [3.63, 3.8) is 0 Å². The molecular formula is C19H22F3N3O. The number of benzene rings is 1. The highest BCUT2D eigenvalue weighted by Crippen LogP contribution is 2.30. The largest absolute Gasteiger partial charge is 0.416 e. The van der Waals surface area contributed by atoms with Crippen LogP contribution in [0.25, 0.3) is 0 Å². The lowest BCUT2D eigenvalue weighted by molar-refractivity contribution is -0.137. The van der Waals surface area contributed by atoms with Gasteiger partial charge >= 0.3 is 6.18 Å². The average molecular weight is 365 g/mol. The Hall–Kier alpha value is -2.57. The van der Waals surface area contributed by atoms with Gasteiger partial charge in [0, 0.05) is 25.0 Å². The van der Waals surface area contributed by atoms with E-state index in [-0.39, 0.29) is 5.91 Å². The van der Waals surface area contributed by atoms with E-state index in [0.717, 1.165) is 25.0 Å². The summed E-state index contributed by atoms with van der Waals surface area (Å²) in [5.41, 5.74) is 0.275. The number of nitrogens with zero attached hydrogens (tertiary/aromatic N) is 2. The number of anilines is 2. The first-order chi connectivity index (χ1) is 12.3. The van der Waals surface area contributed by atoms with Gasteiger partial charge in [-0.15, -0.1) is 0 Å². The molecule has 0 unspecified atom stereocenters. The predicted octanol–water partition coefficient (Wildman–Crippen LogP) is 5.11. The predicted molar refractivity (Wildman–Crippen MR) is 95.4 cm³/mol. The van der Waals surface area contributed by atoms with Crippen LogP contribution in [0.5, 0.6) is 0 Å². The van der Waals surface area contributed by atoms with Crippen LogP contribution in [0.2, 0.25) is 0 Å². The zero-order valence-electron chi connectivity index (χ0n) is 14.8. The third-order valence-electron chi connectivity index (χ3n) is 3.77. The lowest BCUT2D eigenvalue weighted by atomic mass is 10.2. The normalized spacial score (nSPS) is 11.3. The number of rotatable bonds is 7. The van der Waals surface area contributed by atoms with E-state index >= 15 is 0 Å². The summed E-state index contributed by atoms with van der Waals surface area (Å²) in [6.07, 6.45) is -1.12. The number of halogens is 3. The molecule has 140 valence electrons. The summed E-state index contributed by atoms with van der Waals surface area (Å²) in [7, 11) is 0. The molecule has 0 radical (unpaired) electrons. The fourth-order valence-corrected chi connectivity index (χ4v) is 2.52. The summed E-state index contributed by atoms with van der Waals surface area (Å²) in [4.78, 5) is 18.5. The number of hydrogen-bond acceptors (Lipinski definition) is 3. The van der Waals surface area contributed by atoms with Crippen molar-refractivity contribution in [2.75, 3.05) is 18.4 Å². The van der Waals surface area contributed by atoms with Gasteiger partial charge < -0.3 is 10.2 Å². The topological polar surface area (TPSA) is 45.2 Å². The maximum Gasteiger partial charge on any atom is 0.416 e. The Morgan fingerprint density at radius 2 is 1.65 bits per heavy atom. The van der Waals surface area contributed by atoms with Crippen molar-refractivity contribution in [2.45, 2.75) is 32.9 Å². The van der Waals surface area contributed by atoms with Gasteiger partial charge in [0.2, 0.25) is 0 Å². The van der Waals surface area contributed by atoms with Gasteiger partial charge in [0.15, 0.2) is 0 Å². The molecule has 0 atom stereocenters.